The summed E-state index contributed by atoms with van der Waals surface area (Å²) >= 11 is 0. The Kier molecular flexibility index (Phi) is 7.54. The van der Waals surface area contributed by atoms with Gasteiger partial charge in [0.25, 0.3) is 0 Å². The van der Waals surface area contributed by atoms with E-state index in [9.17, 15) is 9.59 Å². The van der Waals surface area contributed by atoms with E-state index >= 15 is 0 Å². The maximum Gasteiger partial charge on any atom is 0.309 e. The summed E-state index contributed by atoms with van der Waals surface area (Å²) in [5.41, 5.74) is 0. The maximum absolute atomic E-state index is 11.3. The van der Waals surface area contributed by atoms with Crippen LogP contribution in [-0.4, -0.2) is 49.9 Å². The van der Waals surface area contributed by atoms with E-state index in [4.69, 9.17) is 0 Å². The zero-order valence-electron chi connectivity index (χ0n) is 10.7. The van der Waals surface area contributed by atoms with Crippen molar-refractivity contribution < 1.29 is 9.59 Å². The Bertz CT molecular complexity index is 229. The van der Waals surface area contributed by atoms with Crippen LogP contribution < -0.4 is 10.6 Å². The molecule has 2 amide bonds. The molecule has 2 N–H and O–H groups in total. The van der Waals surface area contributed by atoms with E-state index in [-0.39, 0.29) is 6.04 Å². The summed E-state index contributed by atoms with van der Waals surface area (Å²) in [6.45, 7) is 5.26. The normalized spacial score (nSPS) is 12.3. The third-order valence-corrected chi connectivity index (χ3v) is 2.26. The minimum atomic E-state index is -0.543. The lowest BCUT2D eigenvalue weighted by atomic mass is 10.2. The van der Waals surface area contributed by atoms with Crippen molar-refractivity contribution in [1.82, 2.24) is 15.5 Å². The van der Waals surface area contributed by atoms with Crippen LogP contribution in [0.5, 0.6) is 0 Å². The third-order valence-electron chi connectivity index (χ3n) is 2.26. The average Bonchev–Trinajstić information content (AvgIpc) is 2.23. The first-order valence-corrected chi connectivity index (χ1v) is 5.70. The Labute approximate surface area is 97.6 Å². The van der Waals surface area contributed by atoms with Gasteiger partial charge < -0.3 is 15.5 Å². The molecule has 0 aliphatic heterocycles. The number of amides is 2. The predicted octanol–water partition coefficient (Wildman–Crippen LogP) is -0.0310. The molecule has 0 saturated heterocycles. The molecule has 16 heavy (non-hydrogen) atoms. The van der Waals surface area contributed by atoms with Crippen molar-refractivity contribution in [3.8, 4) is 0 Å². The Morgan fingerprint density at radius 3 is 2.38 bits per heavy atom. The van der Waals surface area contributed by atoms with Gasteiger partial charge in [-0.1, -0.05) is 6.92 Å². The molecule has 0 aliphatic rings. The van der Waals surface area contributed by atoms with Crippen LogP contribution in [-0.2, 0) is 9.59 Å². The van der Waals surface area contributed by atoms with Gasteiger partial charge in [0.15, 0.2) is 0 Å². The number of nitrogens with one attached hydrogen (secondary N) is 2. The van der Waals surface area contributed by atoms with Gasteiger partial charge in [-0.15, -0.1) is 0 Å². The van der Waals surface area contributed by atoms with Crippen molar-refractivity contribution in [3.05, 3.63) is 0 Å². The standard InChI is InChI=1S/C11H23N3O2/c1-5-9(2)13-11(16)10(15)12-7-6-8-14(3)4/h9H,5-8H2,1-4H3,(H,12,15)(H,13,16)/t9-/m0/s1. The molecule has 0 saturated carbocycles. The summed E-state index contributed by atoms with van der Waals surface area (Å²) in [5.74, 6) is -1.08. The summed E-state index contributed by atoms with van der Waals surface area (Å²) in [6.07, 6.45) is 1.66. The SMILES string of the molecule is CC[C@H](C)NC(=O)C(=O)NCCCN(C)C. The molecular formula is C11H23N3O2. The molecule has 0 aromatic rings. The number of carbonyl (C=O) groups is 2. The first-order chi connectivity index (χ1) is 7.47. The minimum absolute atomic E-state index is 0.0417. The van der Waals surface area contributed by atoms with Gasteiger partial charge in [-0.2, -0.15) is 0 Å². The molecule has 0 bridgehead atoms. The molecule has 5 heteroatoms. The molecule has 0 radical (unpaired) electrons. The summed E-state index contributed by atoms with van der Waals surface area (Å²) in [5, 5.41) is 5.21. The van der Waals surface area contributed by atoms with Gasteiger partial charge in [0.1, 0.15) is 0 Å². The van der Waals surface area contributed by atoms with Gasteiger partial charge in [-0.05, 0) is 40.4 Å². The Morgan fingerprint density at radius 2 is 1.88 bits per heavy atom. The van der Waals surface area contributed by atoms with Crippen molar-refractivity contribution in [2.45, 2.75) is 32.7 Å². The fraction of sp³-hybridized carbons (Fsp3) is 0.818. The molecule has 94 valence electrons. The maximum atomic E-state index is 11.3. The summed E-state index contributed by atoms with van der Waals surface area (Å²) in [4.78, 5) is 24.6. The Morgan fingerprint density at radius 1 is 1.25 bits per heavy atom. The zero-order valence-corrected chi connectivity index (χ0v) is 10.7. The number of rotatable bonds is 6. The highest BCUT2D eigenvalue weighted by atomic mass is 16.2. The second-order valence-corrected chi connectivity index (χ2v) is 4.20. The molecule has 0 rings (SSSR count). The van der Waals surface area contributed by atoms with Crippen LogP contribution in [0.25, 0.3) is 0 Å². The molecule has 1 atom stereocenters. The van der Waals surface area contributed by atoms with Crippen LogP contribution in [0.3, 0.4) is 0 Å². The van der Waals surface area contributed by atoms with Gasteiger partial charge >= 0.3 is 11.8 Å². The van der Waals surface area contributed by atoms with Gasteiger partial charge in [0, 0.05) is 12.6 Å². The third kappa shape index (κ3) is 7.23. The fourth-order valence-electron chi connectivity index (χ4n) is 1.07. The highest BCUT2D eigenvalue weighted by Gasteiger charge is 2.14. The average molecular weight is 229 g/mol. The second kappa shape index (κ2) is 8.10. The molecular weight excluding hydrogens is 206 g/mol. The number of nitrogens with zero attached hydrogens (tertiary/aromatic N) is 1. The van der Waals surface area contributed by atoms with E-state index in [0.29, 0.717) is 6.54 Å². The van der Waals surface area contributed by atoms with E-state index in [2.05, 4.69) is 10.6 Å². The Hall–Kier alpha value is -1.10. The molecule has 0 spiro atoms. The molecule has 0 heterocycles. The van der Waals surface area contributed by atoms with Crippen LogP contribution in [0, 0.1) is 0 Å². The van der Waals surface area contributed by atoms with E-state index in [1.54, 1.807) is 0 Å². The van der Waals surface area contributed by atoms with Gasteiger partial charge in [-0.3, -0.25) is 9.59 Å². The molecule has 0 unspecified atom stereocenters. The van der Waals surface area contributed by atoms with Crippen LogP contribution in [0.2, 0.25) is 0 Å². The zero-order chi connectivity index (χ0) is 12.6. The summed E-state index contributed by atoms with van der Waals surface area (Å²) in [6, 6.07) is 0.0417. The van der Waals surface area contributed by atoms with Crippen LogP contribution >= 0.6 is 0 Å². The first-order valence-electron chi connectivity index (χ1n) is 5.70. The lowest BCUT2D eigenvalue weighted by Crippen LogP contribution is -2.43. The summed E-state index contributed by atoms with van der Waals surface area (Å²) in [7, 11) is 3.94. The van der Waals surface area contributed by atoms with Crippen molar-refractivity contribution >= 4 is 11.8 Å². The molecule has 0 fully saturated rings. The van der Waals surface area contributed by atoms with Crippen LogP contribution in [0.1, 0.15) is 26.7 Å². The fourth-order valence-corrected chi connectivity index (χ4v) is 1.07. The number of carbonyl (C=O) groups excluding carboxylic acids is 2. The molecule has 5 nitrogen and oxygen atoms in total. The second-order valence-electron chi connectivity index (χ2n) is 4.20. The number of hydrogen-bond acceptors (Lipinski definition) is 3. The van der Waals surface area contributed by atoms with E-state index in [1.165, 1.54) is 0 Å². The minimum Gasteiger partial charge on any atom is -0.348 e. The topological polar surface area (TPSA) is 61.4 Å². The lowest BCUT2D eigenvalue weighted by Gasteiger charge is -2.12. The van der Waals surface area contributed by atoms with Gasteiger partial charge in [0.2, 0.25) is 0 Å². The lowest BCUT2D eigenvalue weighted by molar-refractivity contribution is -0.139. The Balaban J connectivity index is 3.68. The van der Waals surface area contributed by atoms with Crippen molar-refractivity contribution in [3.63, 3.8) is 0 Å². The predicted molar refractivity (Wildman–Crippen MR) is 64.1 cm³/mol. The molecule has 0 aromatic heterocycles. The highest BCUT2D eigenvalue weighted by Crippen LogP contribution is 1.87. The van der Waals surface area contributed by atoms with E-state index in [1.807, 2.05) is 32.8 Å². The molecule has 0 aliphatic carbocycles. The highest BCUT2D eigenvalue weighted by molar-refractivity contribution is 6.35. The first kappa shape index (κ1) is 14.9. The smallest absolute Gasteiger partial charge is 0.309 e. The van der Waals surface area contributed by atoms with Crippen LogP contribution in [0.4, 0.5) is 0 Å². The largest absolute Gasteiger partial charge is 0.348 e. The van der Waals surface area contributed by atoms with E-state index in [0.717, 1.165) is 19.4 Å². The van der Waals surface area contributed by atoms with Gasteiger partial charge in [0.05, 0.1) is 0 Å². The summed E-state index contributed by atoms with van der Waals surface area (Å²) < 4.78 is 0. The monoisotopic (exact) mass is 229 g/mol. The molecule has 0 aromatic carbocycles. The van der Waals surface area contributed by atoms with Gasteiger partial charge in [-0.25, -0.2) is 0 Å². The quantitative estimate of drug-likeness (QED) is 0.496. The van der Waals surface area contributed by atoms with Crippen molar-refractivity contribution in [1.29, 1.82) is 0 Å². The number of hydrogen-bond donors (Lipinski definition) is 2. The van der Waals surface area contributed by atoms with Crippen molar-refractivity contribution in [2.24, 2.45) is 0 Å². The van der Waals surface area contributed by atoms with Crippen LogP contribution in [0.15, 0.2) is 0 Å². The van der Waals surface area contributed by atoms with Crippen molar-refractivity contribution in [2.75, 3.05) is 27.2 Å². The van der Waals surface area contributed by atoms with E-state index < -0.39 is 11.8 Å².